The number of pyridine rings is 1. The Morgan fingerprint density at radius 1 is 1.03 bits per heavy atom. The number of rotatable bonds is 5. The van der Waals surface area contributed by atoms with Gasteiger partial charge in [0, 0.05) is 23.0 Å². The van der Waals surface area contributed by atoms with E-state index in [0.717, 1.165) is 5.69 Å². The first-order chi connectivity index (χ1) is 17.7. The van der Waals surface area contributed by atoms with Crippen LogP contribution in [0.5, 0.6) is 0 Å². The Morgan fingerprint density at radius 2 is 1.76 bits per heavy atom. The molecule has 1 aliphatic heterocycles. The highest BCUT2D eigenvalue weighted by Crippen LogP contribution is 2.30. The second-order valence-electron chi connectivity index (χ2n) is 9.66. The second kappa shape index (κ2) is 9.50. The molecule has 9 heteroatoms. The number of nitrogens with one attached hydrogen (secondary N) is 2. The van der Waals surface area contributed by atoms with Gasteiger partial charge in [0.05, 0.1) is 28.5 Å². The zero-order valence-corrected chi connectivity index (χ0v) is 21.1. The highest BCUT2D eigenvalue weighted by Gasteiger charge is 2.27. The maximum Gasteiger partial charge on any atom is 0.258 e. The number of amides is 3. The first-order valence-corrected chi connectivity index (χ1v) is 12.2. The van der Waals surface area contributed by atoms with E-state index in [1.807, 2.05) is 44.5 Å². The molecular formula is C28H28N6O3. The van der Waals surface area contributed by atoms with Gasteiger partial charge in [-0.25, -0.2) is 9.67 Å². The average molecular weight is 497 g/mol. The van der Waals surface area contributed by atoms with Crippen molar-refractivity contribution in [1.82, 2.24) is 14.8 Å². The average Bonchev–Trinajstić information content (AvgIpc) is 3.32. The summed E-state index contributed by atoms with van der Waals surface area (Å²) >= 11 is 0. The fraction of sp³-hybridized carbons (Fsp3) is 0.250. The Hall–Kier alpha value is -4.53. The standard InChI is InChI=1S/C28H28N6O3/c1-16(2)23-13-20(21-14-29-34(17(3)4)26(21)32-23)27(36)30-19-11-9-18(10-12-19)28(37)33-15-25(35)31-22-7-5-6-8-24(22)33/h5-14,16-17H,15H2,1-4H3,(H,30,36)(H,31,35). The van der Waals surface area contributed by atoms with Gasteiger partial charge in [0.15, 0.2) is 5.65 Å². The lowest BCUT2D eigenvalue weighted by molar-refractivity contribution is -0.115. The maximum absolute atomic E-state index is 13.3. The van der Waals surface area contributed by atoms with E-state index in [-0.39, 0.29) is 36.2 Å². The van der Waals surface area contributed by atoms with Crippen molar-refractivity contribution in [2.45, 2.75) is 39.7 Å². The van der Waals surface area contributed by atoms with Crippen LogP contribution in [0, 0.1) is 0 Å². The van der Waals surface area contributed by atoms with Crippen molar-refractivity contribution < 1.29 is 14.4 Å². The third kappa shape index (κ3) is 4.55. The van der Waals surface area contributed by atoms with E-state index >= 15 is 0 Å². The van der Waals surface area contributed by atoms with Crippen LogP contribution in [0.25, 0.3) is 11.0 Å². The first kappa shape index (κ1) is 24.2. The molecule has 0 bridgehead atoms. The van der Waals surface area contributed by atoms with Gasteiger partial charge < -0.3 is 10.6 Å². The van der Waals surface area contributed by atoms with E-state index in [1.165, 1.54) is 4.90 Å². The third-order valence-corrected chi connectivity index (χ3v) is 6.32. The lowest BCUT2D eigenvalue weighted by atomic mass is 10.0. The van der Waals surface area contributed by atoms with Crippen molar-refractivity contribution in [2.75, 3.05) is 22.1 Å². The molecule has 3 heterocycles. The van der Waals surface area contributed by atoms with Crippen molar-refractivity contribution in [3.05, 3.63) is 77.6 Å². The molecule has 0 saturated carbocycles. The highest BCUT2D eigenvalue weighted by molar-refractivity contribution is 6.15. The van der Waals surface area contributed by atoms with Gasteiger partial charge in [-0.2, -0.15) is 5.10 Å². The summed E-state index contributed by atoms with van der Waals surface area (Å²) in [4.78, 5) is 44.9. The number of nitrogens with zero attached hydrogens (tertiary/aromatic N) is 4. The van der Waals surface area contributed by atoms with Crippen LogP contribution in [0.4, 0.5) is 17.1 Å². The van der Waals surface area contributed by atoms with Crippen LogP contribution in [0.2, 0.25) is 0 Å². The molecule has 0 fully saturated rings. The molecule has 37 heavy (non-hydrogen) atoms. The smallest absolute Gasteiger partial charge is 0.258 e. The number of aromatic nitrogens is 3. The predicted molar refractivity (Wildman–Crippen MR) is 143 cm³/mol. The van der Waals surface area contributed by atoms with E-state index < -0.39 is 0 Å². The van der Waals surface area contributed by atoms with Crippen LogP contribution in [-0.2, 0) is 4.79 Å². The Balaban J connectivity index is 1.40. The van der Waals surface area contributed by atoms with Gasteiger partial charge in [-0.15, -0.1) is 0 Å². The molecule has 2 N–H and O–H groups in total. The van der Waals surface area contributed by atoms with Gasteiger partial charge in [0.1, 0.15) is 6.54 Å². The minimum atomic E-state index is -0.293. The molecule has 2 aromatic heterocycles. The fourth-order valence-electron chi connectivity index (χ4n) is 4.36. The van der Waals surface area contributed by atoms with Gasteiger partial charge in [0.2, 0.25) is 5.91 Å². The Morgan fingerprint density at radius 3 is 2.46 bits per heavy atom. The van der Waals surface area contributed by atoms with Gasteiger partial charge in [-0.05, 0) is 62.2 Å². The molecule has 4 aromatic rings. The number of anilines is 3. The minimum absolute atomic E-state index is 0.0609. The molecule has 0 atom stereocenters. The molecule has 0 spiro atoms. The Labute approximate surface area is 214 Å². The highest BCUT2D eigenvalue weighted by atomic mass is 16.2. The summed E-state index contributed by atoms with van der Waals surface area (Å²) in [5, 5.41) is 10.8. The summed E-state index contributed by atoms with van der Waals surface area (Å²) in [6.07, 6.45) is 1.68. The second-order valence-corrected chi connectivity index (χ2v) is 9.66. The quantitative estimate of drug-likeness (QED) is 0.405. The molecule has 0 unspecified atom stereocenters. The van der Waals surface area contributed by atoms with Gasteiger partial charge in [-0.3, -0.25) is 19.3 Å². The van der Waals surface area contributed by atoms with E-state index in [2.05, 4.69) is 15.7 Å². The van der Waals surface area contributed by atoms with Crippen LogP contribution in [0.1, 0.15) is 66.1 Å². The van der Waals surface area contributed by atoms with E-state index in [9.17, 15) is 14.4 Å². The third-order valence-electron chi connectivity index (χ3n) is 6.32. The van der Waals surface area contributed by atoms with Gasteiger partial charge in [0.25, 0.3) is 11.8 Å². The topological polar surface area (TPSA) is 109 Å². The zero-order valence-electron chi connectivity index (χ0n) is 21.1. The number of hydrogen-bond donors (Lipinski definition) is 2. The van der Waals surface area contributed by atoms with E-state index in [1.54, 1.807) is 48.7 Å². The number of hydrogen-bond acceptors (Lipinski definition) is 5. The zero-order chi connectivity index (χ0) is 26.3. The molecule has 0 aliphatic carbocycles. The largest absolute Gasteiger partial charge is 0.323 e. The summed E-state index contributed by atoms with van der Waals surface area (Å²) in [6, 6.07) is 15.7. The molecule has 3 amide bonds. The van der Waals surface area contributed by atoms with Crippen LogP contribution in [0.3, 0.4) is 0 Å². The fourth-order valence-corrected chi connectivity index (χ4v) is 4.36. The van der Waals surface area contributed by atoms with Gasteiger partial charge >= 0.3 is 0 Å². The summed E-state index contributed by atoms with van der Waals surface area (Å²) in [6.45, 7) is 8.05. The van der Waals surface area contributed by atoms with Crippen molar-refractivity contribution in [3.63, 3.8) is 0 Å². The molecule has 0 radical (unpaired) electrons. The lowest BCUT2D eigenvalue weighted by Crippen LogP contribution is -2.42. The molecule has 5 rings (SSSR count). The van der Waals surface area contributed by atoms with Crippen LogP contribution in [0.15, 0.2) is 60.8 Å². The summed E-state index contributed by atoms with van der Waals surface area (Å²) in [5.41, 5.74) is 4.19. The van der Waals surface area contributed by atoms with Crippen molar-refractivity contribution in [2.24, 2.45) is 0 Å². The van der Waals surface area contributed by atoms with E-state index in [4.69, 9.17) is 4.98 Å². The Bertz CT molecular complexity index is 1520. The summed E-state index contributed by atoms with van der Waals surface area (Å²) in [5.74, 6) is -0.683. The number of para-hydroxylation sites is 2. The maximum atomic E-state index is 13.3. The first-order valence-electron chi connectivity index (χ1n) is 12.2. The number of carbonyl (C=O) groups is 3. The molecule has 0 saturated heterocycles. The van der Waals surface area contributed by atoms with Crippen LogP contribution >= 0.6 is 0 Å². The lowest BCUT2D eigenvalue weighted by Gasteiger charge is -2.29. The summed E-state index contributed by atoms with van der Waals surface area (Å²) in [7, 11) is 0. The number of fused-ring (bicyclic) bond motifs is 2. The molecule has 2 aromatic carbocycles. The van der Waals surface area contributed by atoms with Gasteiger partial charge in [-0.1, -0.05) is 26.0 Å². The monoisotopic (exact) mass is 496 g/mol. The molecule has 188 valence electrons. The number of benzene rings is 2. The normalized spacial score (nSPS) is 13.1. The molecule has 1 aliphatic rings. The van der Waals surface area contributed by atoms with Crippen molar-refractivity contribution in [3.8, 4) is 0 Å². The van der Waals surface area contributed by atoms with Crippen LogP contribution < -0.4 is 15.5 Å². The minimum Gasteiger partial charge on any atom is -0.323 e. The van der Waals surface area contributed by atoms with Crippen molar-refractivity contribution >= 4 is 45.8 Å². The van der Waals surface area contributed by atoms with Crippen molar-refractivity contribution in [1.29, 1.82) is 0 Å². The Kier molecular flexibility index (Phi) is 6.20. The molecular weight excluding hydrogens is 468 g/mol. The van der Waals surface area contributed by atoms with Crippen LogP contribution in [-0.4, -0.2) is 39.0 Å². The SMILES string of the molecule is CC(C)c1cc(C(=O)Nc2ccc(C(=O)N3CC(=O)Nc4ccccc43)cc2)c2cnn(C(C)C)c2n1. The summed E-state index contributed by atoms with van der Waals surface area (Å²) < 4.78 is 1.82. The number of carbonyl (C=O) groups excluding carboxylic acids is 3. The van der Waals surface area contributed by atoms with E-state index in [0.29, 0.717) is 39.2 Å². The predicted octanol–water partition coefficient (Wildman–Crippen LogP) is 4.99. The molecule has 9 nitrogen and oxygen atoms in total.